The molecule has 5 rings (SSSR count). The van der Waals surface area contributed by atoms with E-state index in [4.69, 9.17) is 11.6 Å². The van der Waals surface area contributed by atoms with Crippen LogP contribution in [0.15, 0.2) is 36.7 Å². The van der Waals surface area contributed by atoms with Gasteiger partial charge in [0.25, 0.3) is 5.91 Å². The van der Waals surface area contributed by atoms with Crippen molar-refractivity contribution in [1.82, 2.24) is 24.6 Å². The number of hydrogen-bond acceptors (Lipinski definition) is 3. The Morgan fingerprint density at radius 1 is 1.06 bits per heavy atom. The largest absolute Gasteiger partial charge is 0.348 e. The Balaban J connectivity index is 0.000000155. The molecular weight excluding hydrogens is 433 g/mol. The van der Waals surface area contributed by atoms with Crippen LogP contribution in [0.3, 0.4) is 0 Å². The fourth-order valence-electron chi connectivity index (χ4n) is 3.90. The normalized spacial score (nSPS) is 15.8. The fraction of sp³-hybridized carbons (Fsp3) is 0.435. The van der Waals surface area contributed by atoms with E-state index in [0.717, 1.165) is 45.4 Å². The number of piperidine rings is 1. The number of aryl methyl sites for hydroxylation is 1. The van der Waals surface area contributed by atoms with E-state index in [1.807, 2.05) is 21.8 Å². The SMILES string of the molecule is O=C(CCn1cccn1)N1CCCCC1.O=C(c1cc2c(Cl)ccc(F)c2[nH]1)N1CCC1. The first-order valence-corrected chi connectivity index (χ1v) is 11.4. The van der Waals surface area contributed by atoms with Gasteiger partial charge in [0.1, 0.15) is 11.5 Å². The van der Waals surface area contributed by atoms with Gasteiger partial charge in [-0.15, -0.1) is 0 Å². The first-order valence-electron chi connectivity index (χ1n) is 11.0. The van der Waals surface area contributed by atoms with Crippen LogP contribution in [0.5, 0.6) is 0 Å². The number of aromatic amines is 1. The highest BCUT2D eigenvalue weighted by atomic mass is 35.5. The average Bonchev–Trinajstić information content (AvgIpc) is 3.45. The molecule has 2 saturated heterocycles. The minimum absolute atomic E-state index is 0.0945. The Hall–Kier alpha value is -2.87. The zero-order valence-corrected chi connectivity index (χ0v) is 18.7. The maximum absolute atomic E-state index is 13.5. The predicted octanol–water partition coefficient (Wildman–Crippen LogP) is 4.09. The van der Waals surface area contributed by atoms with E-state index in [2.05, 4.69) is 10.1 Å². The number of nitrogens with one attached hydrogen (secondary N) is 1. The lowest BCUT2D eigenvalue weighted by molar-refractivity contribution is -0.132. The maximum Gasteiger partial charge on any atom is 0.270 e. The lowest BCUT2D eigenvalue weighted by Gasteiger charge is -2.30. The second kappa shape index (κ2) is 10.2. The molecule has 0 spiro atoms. The molecule has 2 aliphatic heterocycles. The lowest BCUT2D eigenvalue weighted by Crippen LogP contribution is -2.42. The van der Waals surface area contributed by atoms with Gasteiger partial charge in [0.05, 0.1) is 10.5 Å². The van der Waals surface area contributed by atoms with E-state index >= 15 is 0 Å². The fourth-order valence-corrected chi connectivity index (χ4v) is 4.11. The predicted molar refractivity (Wildman–Crippen MR) is 121 cm³/mol. The minimum Gasteiger partial charge on any atom is -0.348 e. The topological polar surface area (TPSA) is 74.2 Å². The molecule has 7 nitrogen and oxygen atoms in total. The highest BCUT2D eigenvalue weighted by Crippen LogP contribution is 2.27. The standard InChI is InChI=1S/C12H10ClFN2O.C11H17N3O/c13-8-2-3-9(14)11-7(8)6-10(15-11)12(17)16-4-1-5-16;15-11(13-7-2-1-3-8-13)5-10-14-9-4-6-12-14/h2-3,6,15H,1,4-5H2;4,6,9H,1-3,5,7-8,10H2. The molecule has 2 amide bonds. The van der Waals surface area contributed by atoms with Crippen LogP contribution >= 0.6 is 11.6 Å². The van der Waals surface area contributed by atoms with Crippen LogP contribution < -0.4 is 0 Å². The van der Waals surface area contributed by atoms with Crippen LogP contribution in [0, 0.1) is 5.82 Å². The Labute approximate surface area is 191 Å². The first-order chi connectivity index (χ1) is 15.5. The molecule has 170 valence electrons. The number of aromatic nitrogens is 3. The summed E-state index contributed by atoms with van der Waals surface area (Å²) in [5, 5.41) is 5.08. The number of amides is 2. The van der Waals surface area contributed by atoms with Crippen LogP contribution in [-0.4, -0.2) is 62.6 Å². The molecule has 1 N–H and O–H groups in total. The minimum atomic E-state index is -0.396. The number of hydrogen-bond donors (Lipinski definition) is 1. The number of rotatable bonds is 4. The van der Waals surface area contributed by atoms with Gasteiger partial charge in [0.15, 0.2) is 0 Å². The molecule has 32 heavy (non-hydrogen) atoms. The monoisotopic (exact) mass is 459 g/mol. The van der Waals surface area contributed by atoms with E-state index in [1.165, 1.54) is 18.6 Å². The molecule has 2 aliphatic rings. The summed E-state index contributed by atoms with van der Waals surface area (Å²) in [5.41, 5.74) is 0.688. The van der Waals surface area contributed by atoms with Crippen molar-refractivity contribution >= 4 is 34.3 Å². The molecule has 3 aromatic rings. The van der Waals surface area contributed by atoms with E-state index in [0.29, 0.717) is 34.6 Å². The van der Waals surface area contributed by atoms with Gasteiger partial charge in [-0.2, -0.15) is 5.10 Å². The van der Waals surface area contributed by atoms with E-state index < -0.39 is 5.82 Å². The molecule has 2 aromatic heterocycles. The number of likely N-dealkylation sites (tertiary alicyclic amines) is 2. The summed E-state index contributed by atoms with van der Waals surface area (Å²) in [4.78, 5) is 30.2. The van der Waals surface area contributed by atoms with Gasteiger partial charge < -0.3 is 14.8 Å². The number of carbonyl (C=O) groups is 2. The highest BCUT2D eigenvalue weighted by molar-refractivity contribution is 6.35. The Morgan fingerprint density at radius 2 is 1.81 bits per heavy atom. The summed E-state index contributed by atoms with van der Waals surface area (Å²) < 4.78 is 15.3. The Kier molecular flexibility index (Phi) is 7.09. The Morgan fingerprint density at radius 3 is 2.44 bits per heavy atom. The van der Waals surface area contributed by atoms with Gasteiger partial charge in [-0.25, -0.2) is 4.39 Å². The number of nitrogens with zero attached hydrogens (tertiary/aromatic N) is 4. The van der Waals surface area contributed by atoms with Crippen LogP contribution in [0.25, 0.3) is 10.9 Å². The maximum atomic E-state index is 13.5. The van der Waals surface area contributed by atoms with Crippen LogP contribution in [0.2, 0.25) is 5.02 Å². The third-order valence-corrected chi connectivity index (χ3v) is 6.22. The van der Waals surface area contributed by atoms with E-state index in [9.17, 15) is 14.0 Å². The summed E-state index contributed by atoms with van der Waals surface area (Å²) in [6, 6.07) is 6.27. The molecule has 2 fully saturated rings. The van der Waals surface area contributed by atoms with Gasteiger partial charge >= 0.3 is 0 Å². The number of halogens is 2. The number of H-pyrrole nitrogens is 1. The zero-order valence-electron chi connectivity index (χ0n) is 17.9. The van der Waals surface area contributed by atoms with Gasteiger partial charge in [0, 0.05) is 56.9 Å². The molecule has 1 aromatic carbocycles. The second-order valence-corrected chi connectivity index (χ2v) is 8.51. The van der Waals surface area contributed by atoms with Crippen molar-refractivity contribution in [2.24, 2.45) is 0 Å². The second-order valence-electron chi connectivity index (χ2n) is 8.11. The van der Waals surface area contributed by atoms with Gasteiger partial charge in [-0.3, -0.25) is 14.3 Å². The number of fused-ring (bicyclic) bond motifs is 1. The van der Waals surface area contributed by atoms with Crippen molar-refractivity contribution in [1.29, 1.82) is 0 Å². The summed E-state index contributed by atoms with van der Waals surface area (Å²) in [7, 11) is 0. The smallest absolute Gasteiger partial charge is 0.270 e. The molecule has 0 atom stereocenters. The van der Waals surface area contributed by atoms with E-state index in [-0.39, 0.29) is 11.8 Å². The number of benzene rings is 1. The van der Waals surface area contributed by atoms with E-state index in [1.54, 1.807) is 17.2 Å². The van der Waals surface area contributed by atoms with Gasteiger partial charge in [-0.1, -0.05) is 11.6 Å². The van der Waals surface area contributed by atoms with Crippen molar-refractivity contribution in [3.8, 4) is 0 Å². The highest BCUT2D eigenvalue weighted by Gasteiger charge is 2.23. The van der Waals surface area contributed by atoms with Gasteiger partial charge in [0.2, 0.25) is 5.91 Å². The summed E-state index contributed by atoms with van der Waals surface area (Å²) in [6.07, 6.45) is 8.82. The quantitative estimate of drug-likeness (QED) is 0.638. The van der Waals surface area contributed by atoms with Crippen molar-refractivity contribution in [2.75, 3.05) is 26.2 Å². The molecular formula is C23H27ClFN5O2. The molecule has 4 heterocycles. The average molecular weight is 460 g/mol. The van der Waals surface area contributed by atoms with Gasteiger partial charge in [-0.05, 0) is 49.9 Å². The third kappa shape index (κ3) is 5.12. The summed E-state index contributed by atoms with van der Waals surface area (Å²) in [6.45, 7) is 4.12. The Bertz CT molecular complexity index is 1030. The lowest BCUT2D eigenvalue weighted by atomic mass is 10.1. The third-order valence-electron chi connectivity index (χ3n) is 5.89. The molecule has 0 unspecified atom stereocenters. The zero-order chi connectivity index (χ0) is 22.5. The van der Waals surface area contributed by atoms with Crippen LogP contribution in [0.1, 0.15) is 42.6 Å². The molecule has 0 saturated carbocycles. The number of carbonyl (C=O) groups excluding carboxylic acids is 2. The molecule has 0 radical (unpaired) electrons. The van der Waals surface area contributed by atoms with Crippen LogP contribution in [-0.2, 0) is 11.3 Å². The van der Waals surface area contributed by atoms with Crippen molar-refractivity contribution in [2.45, 2.75) is 38.6 Å². The van der Waals surface area contributed by atoms with Crippen molar-refractivity contribution < 1.29 is 14.0 Å². The molecule has 0 bridgehead atoms. The first kappa shape index (κ1) is 22.3. The summed E-state index contributed by atoms with van der Waals surface area (Å²) >= 11 is 5.96. The molecule has 9 heteroatoms. The summed E-state index contributed by atoms with van der Waals surface area (Å²) in [5.74, 6) is -0.222. The van der Waals surface area contributed by atoms with Crippen molar-refractivity contribution in [3.05, 3.63) is 53.2 Å². The van der Waals surface area contributed by atoms with Crippen molar-refractivity contribution in [3.63, 3.8) is 0 Å². The molecule has 0 aliphatic carbocycles. The van der Waals surface area contributed by atoms with Crippen LogP contribution in [0.4, 0.5) is 4.39 Å².